The molecule has 0 aliphatic rings. The number of aliphatic hydroxyl groups excluding tert-OH is 1. The molecule has 1 rings (SSSR count). The fourth-order valence-corrected chi connectivity index (χ4v) is 0.899. The Morgan fingerprint density at radius 3 is 2.47 bits per heavy atom. The zero-order valence-electron chi connectivity index (χ0n) is 7.73. The van der Waals surface area contributed by atoms with E-state index in [1.54, 1.807) is 12.1 Å². The zero-order chi connectivity index (χ0) is 11.3. The van der Waals surface area contributed by atoms with Gasteiger partial charge >= 0.3 is 0 Å². The number of phenolic OH excluding ortho intramolecular Hbond substituents is 1. The number of benzene rings is 1. The van der Waals surface area contributed by atoms with Gasteiger partial charge in [0.25, 0.3) is 11.8 Å². The Bertz CT molecular complexity index is 378. The molecular weight excluding hydrogens is 200 g/mol. The highest BCUT2D eigenvalue weighted by Gasteiger charge is 2.10. The minimum Gasteiger partial charge on any atom is -0.507 e. The minimum absolute atomic E-state index is 0.0377. The highest BCUT2D eigenvalue weighted by molar-refractivity contribution is 5.97. The molecule has 1 aromatic carbocycles. The molecule has 0 unspecified atom stereocenters. The molecule has 0 saturated carbocycles. The molecule has 0 aliphatic carbocycles. The number of carbonyl (C=O) groups is 2. The van der Waals surface area contributed by atoms with E-state index in [0.29, 0.717) is 0 Å². The molecule has 0 atom stereocenters. The summed E-state index contributed by atoms with van der Waals surface area (Å²) < 4.78 is 0. The number of hydrogen-bond donors (Lipinski definition) is 4. The predicted molar refractivity (Wildman–Crippen MR) is 50.8 cm³/mol. The molecule has 0 saturated heterocycles. The zero-order valence-corrected chi connectivity index (χ0v) is 7.73. The van der Waals surface area contributed by atoms with Crippen molar-refractivity contribution in [3.63, 3.8) is 0 Å². The van der Waals surface area contributed by atoms with Crippen LogP contribution in [0.15, 0.2) is 24.3 Å². The Balaban J connectivity index is 2.62. The van der Waals surface area contributed by atoms with Crippen LogP contribution in [-0.4, -0.2) is 28.6 Å². The van der Waals surface area contributed by atoms with E-state index in [-0.39, 0.29) is 11.3 Å². The fourth-order valence-electron chi connectivity index (χ4n) is 0.899. The van der Waals surface area contributed by atoms with E-state index in [2.05, 4.69) is 0 Å². The van der Waals surface area contributed by atoms with Gasteiger partial charge in [-0.1, -0.05) is 12.1 Å². The summed E-state index contributed by atoms with van der Waals surface area (Å²) in [5.74, 6) is -1.58. The fraction of sp³-hybridized carbons (Fsp3) is 0.111. The topological polar surface area (TPSA) is 98.7 Å². The first-order valence-electron chi connectivity index (χ1n) is 4.13. The molecule has 1 aromatic rings. The number of amides is 2. The third-order valence-corrected chi connectivity index (χ3v) is 1.61. The van der Waals surface area contributed by atoms with Crippen molar-refractivity contribution in [2.45, 2.75) is 0 Å². The summed E-state index contributed by atoms with van der Waals surface area (Å²) in [5, 5.41) is 17.6. The second-order valence-electron chi connectivity index (χ2n) is 2.68. The lowest BCUT2D eigenvalue weighted by atomic mass is 10.2. The van der Waals surface area contributed by atoms with Crippen molar-refractivity contribution in [2.24, 2.45) is 0 Å². The molecule has 80 valence electrons. The third kappa shape index (κ3) is 2.96. The van der Waals surface area contributed by atoms with Crippen molar-refractivity contribution in [3.8, 4) is 5.75 Å². The number of hydrazine groups is 1. The first-order valence-corrected chi connectivity index (χ1v) is 4.13. The summed E-state index contributed by atoms with van der Waals surface area (Å²) in [6, 6.07) is 5.89. The first kappa shape index (κ1) is 11.0. The number of phenols is 1. The summed E-state index contributed by atoms with van der Waals surface area (Å²) in [6.07, 6.45) is 0. The molecule has 2 amide bonds. The second kappa shape index (κ2) is 4.97. The lowest BCUT2D eigenvalue weighted by Crippen LogP contribution is -2.42. The van der Waals surface area contributed by atoms with Gasteiger partial charge in [-0.2, -0.15) is 0 Å². The van der Waals surface area contributed by atoms with Crippen LogP contribution in [0.3, 0.4) is 0 Å². The van der Waals surface area contributed by atoms with Crippen LogP contribution in [0.2, 0.25) is 0 Å². The van der Waals surface area contributed by atoms with Crippen LogP contribution in [-0.2, 0) is 4.79 Å². The summed E-state index contributed by atoms with van der Waals surface area (Å²) >= 11 is 0. The SMILES string of the molecule is O=C(CO)NNC(=O)c1ccccc1O. The van der Waals surface area contributed by atoms with E-state index in [4.69, 9.17) is 5.11 Å². The van der Waals surface area contributed by atoms with E-state index in [1.165, 1.54) is 12.1 Å². The van der Waals surface area contributed by atoms with Gasteiger partial charge in [-0.15, -0.1) is 0 Å². The van der Waals surface area contributed by atoms with Gasteiger partial charge in [-0.3, -0.25) is 20.4 Å². The first-order chi connectivity index (χ1) is 7.15. The van der Waals surface area contributed by atoms with Crippen molar-refractivity contribution in [1.82, 2.24) is 10.9 Å². The Labute approximate surface area is 85.5 Å². The number of para-hydroxylation sites is 1. The normalized spacial score (nSPS) is 9.40. The second-order valence-corrected chi connectivity index (χ2v) is 2.68. The van der Waals surface area contributed by atoms with Crippen LogP contribution in [0, 0.1) is 0 Å². The highest BCUT2D eigenvalue weighted by Crippen LogP contribution is 2.14. The molecular formula is C9H10N2O4. The maximum absolute atomic E-state index is 11.3. The number of aliphatic hydroxyl groups is 1. The lowest BCUT2D eigenvalue weighted by Gasteiger charge is -2.06. The Morgan fingerprint density at radius 1 is 1.20 bits per heavy atom. The van der Waals surface area contributed by atoms with E-state index < -0.39 is 18.4 Å². The van der Waals surface area contributed by atoms with Gasteiger partial charge in [-0.25, -0.2) is 0 Å². The smallest absolute Gasteiger partial charge is 0.273 e. The average molecular weight is 210 g/mol. The van der Waals surface area contributed by atoms with Gasteiger partial charge in [0.2, 0.25) is 0 Å². The quantitative estimate of drug-likeness (QED) is 0.477. The summed E-state index contributed by atoms with van der Waals surface area (Å²) in [5.41, 5.74) is 4.03. The standard InChI is InChI=1S/C9H10N2O4/c12-5-8(14)10-11-9(15)6-3-1-2-4-7(6)13/h1-4,12-13H,5H2,(H,10,14)(H,11,15). The van der Waals surface area contributed by atoms with Crippen molar-refractivity contribution < 1.29 is 19.8 Å². The Morgan fingerprint density at radius 2 is 1.87 bits per heavy atom. The summed E-state index contributed by atoms with van der Waals surface area (Å²) in [6.45, 7) is -0.721. The van der Waals surface area contributed by atoms with Crippen LogP contribution in [0.4, 0.5) is 0 Å². The van der Waals surface area contributed by atoms with Gasteiger partial charge in [0.05, 0.1) is 5.56 Å². The number of aromatic hydroxyl groups is 1. The van der Waals surface area contributed by atoms with Crippen molar-refractivity contribution in [2.75, 3.05) is 6.61 Å². The highest BCUT2D eigenvalue weighted by atomic mass is 16.3. The predicted octanol–water partition coefficient (Wildman–Crippen LogP) is -0.855. The van der Waals surface area contributed by atoms with Crippen LogP contribution >= 0.6 is 0 Å². The minimum atomic E-state index is -0.737. The largest absolute Gasteiger partial charge is 0.507 e. The number of carbonyl (C=O) groups excluding carboxylic acids is 2. The molecule has 0 bridgehead atoms. The van der Waals surface area contributed by atoms with Gasteiger partial charge in [0.1, 0.15) is 12.4 Å². The third-order valence-electron chi connectivity index (χ3n) is 1.61. The number of nitrogens with one attached hydrogen (secondary N) is 2. The molecule has 6 heteroatoms. The summed E-state index contributed by atoms with van der Waals surface area (Å²) in [4.78, 5) is 21.9. The van der Waals surface area contributed by atoms with Crippen LogP contribution in [0.5, 0.6) is 5.75 Å². The molecule has 4 N–H and O–H groups in total. The van der Waals surface area contributed by atoms with E-state index in [0.717, 1.165) is 0 Å². The molecule has 0 aromatic heterocycles. The van der Waals surface area contributed by atoms with Crippen molar-refractivity contribution in [1.29, 1.82) is 0 Å². The van der Waals surface area contributed by atoms with Gasteiger partial charge in [0, 0.05) is 0 Å². The molecule has 0 fully saturated rings. The molecule has 15 heavy (non-hydrogen) atoms. The molecule has 0 radical (unpaired) electrons. The summed E-state index contributed by atoms with van der Waals surface area (Å²) in [7, 11) is 0. The van der Waals surface area contributed by atoms with E-state index >= 15 is 0 Å². The average Bonchev–Trinajstić information content (AvgIpc) is 2.26. The molecule has 6 nitrogen and oxygen atoms in total. The Hall–Kier alpha value is -2.08. The number of hydrogen-bond acceptors (Lipinski definition) is 4. The molecule has 0 spiro atoms. The molecule has 0 aliphatic heterocycles. The van der Waals surface area contributed by atoms with Crippen LogP contribution in [0.1, 0.15) is 10.4 Å². The van der Waals surface area contributed by atoms with Gasteiger partial charge in [-0.05, 0) is 12.1 Å². The lowest BCUT2D eigenvalue weighted by molar-refractivity contribution is -0.124. The van der Waals surface area contributed by atoms with E-state index in [1.807, 2.05) is 10.9 Å². The van der Waals surface area contributed by atoms with Gasteiger partial charge in [0.15, 0.2) is 0 Å². The number of rotatable bonds is 2. The van der Waals surface area contributed by atoms with E-state index in [9.17, 15) is 14.7 Å². The van der Waals surface area contributed by atoms with Crippen LogP contribution in [0.25, 0.3) is 0 Å². The van der Waals surface area contributed by atoms with Crippen molar-refractivity contribution in [3.05, 3.63) is 29.8 Å². The van der Waals surface area contributed by atoms with Gasteiger partial charge < -0.3 is 10.2 Å². The maximum Gasteiger partial charge on any atom is 0.273 e. The monoisotopic (exact) mass is 210 g/mol. The maximum atomic E-state index is 11.3. The Kier molecular flexibility index (Phi) is 3.64. The van der Waals surface area contributed by atoms with Crippen molar-refractivity contribution >= 4 is 11.8 Å². The molecule has 0 heterocycles. The van der Waals surface area contributed by atoms with Crippen LogP contribution < -0.4 is 10.9 Å².